The molecule has 1 saturated heterocycles. The maximum atomic E-state index is 8.95. The molecule has 2 nitrogen and oxygen atoms in total. The van der Waals surface area contributed by atoms with Gasteiger partial charge in [-0.15, -0.1) is 0 Å². The molecule has 2 heteroatoms. The molecule has 28 heavy (non-hydrogen) atoms. The summed E-state index contributed by atoms with van der Waals surface area (Å²) in [7, 11) is 0. The van der Waals surface area contributed by atoms with Crippen LogP contribution in [0.3, 0.4) is 0 Å². The quantitative estimate of drug-likeness (QED) is 0.582. The van der Waals surface area contributed by atoms with Gasteiger partial charge >= 0.3 is 0 Å². The maximum Gasteiger partial charge on any atom is 0.0991 e. The van der Waals surface area contributed by atoms with Gasteiger partial charge in [0.05, 0.1) is 17.7 Å². The third-order valence-electron chi connectivity index (χ3n) is 5.45. The minimum atomic E-state index is 0.305. The number of nitrogens with zero attached hydrogens (tertiary/aromatic N) is 2. The Bertz CT molecular complexity index is 917. The van der Waals surface area contributed by atoms with Gasteiger partial charge < -0.3 is 0 Å². The van der Waals surface area contributed by atoms with Gasteiger partial charge in [0.25, 0.3) is 0 Å². The summed E-state index contributed by atoms with van der Waals surface area (Å²) in [6.45, 7) is 2.10. The molecule has 0 atom stereocenters. The molecule has 1 heterocycles. The van der Waals surface area contributed by atoms with Crippen molar-refractivity contribution >= 4 is 6.08 Å². The van der Waals surface area contributed by atoms with Gasteiger partial charge in [-0.2, -0.15) is 5.26 Å². The first kappa shape index (κ1) is 18.2. The molecule has 1 aliphatic rings. The van der Waals surface area contributed by atoms with Crippen LogP contribution < -0.4 is 0 Å². The molecule has 3 aromatic rings. The van der Waals surface area contributed by atoms with Gasteiger partial charge in [-0.1, -0.05) is 84.4 Å². The topological polar surface area (TPSA) is 27.0 Å². The highest BCUT2D eigenvalue weighted by molar-refractivity contribution is 5.54. The zero-order chi connectivity index (χ0) is 19.2. The second kappa shape index (κ2) is 8.69. The van der Waals surface area contributed by atoms with Gasteiger partial charge in [-0.25, -0.2) is 0 Å². The summed E-state index contributed by atoms with van der Waals surface area (Å²) in [6.07, 6.45) is 4.45. The van der Waals surface area contributed by atoms with Crippen LogP contribution in [0, 0.1) is 11.3 Å². The predicted molar refractivity (Wildman–Crippen MR) is 115 cm³/mol. The summed E-state index contributed by atoms with van der Waals surface area (Å²) in [5.41, 5.74) is 6.10. The molecule has 0 aliphatic carbocycles. The molecule has 138 valence electrons. The van der Waals surface area contributed by atoms with E-state index in [1.54, 1.807) is 0 Å². The number of likely N-dealkylation sites (tertiary alicyclic amines) is 1. The van der Waals surface area contributed by atoms with Crippen molar-refractivity contribution in [2.24, 2.45) is 0 Å². The van der Waals surface area contributed by atoms with Crippen LogP contribution in [0.25, 0.3) is 6.08 Å². The van der Waals surface area contributed by atoms with Crippen LogP contribution in [0.1, 0.15) is 41.1 Å². The summed E-state index contributed by atoms with van der Waals surface area (Å²) in [4.78, 5) is 2.60. The van der Waals surface area contributed by atoms with Crippen molar-refractivity contribution in [3.8, 4) is 6.07 Å². The third kappa shape index (κ3) is 4.22. The fraction of sp³-hybridized carbons (Fsp3) is 0.192. The molecule has 0 N–H and O–H groups in total. The van der Waals surface area contributed by atoms with Crippen molar-refractivity contribution in [1.82, 2.24) is 4.90 Å². The Morgan fingerprint density at radius 3 is 1.79 bits per heavy atom. The number of rotatable bonds is 4. The summed E-state index contributed by atoms with van der Waals surface area (Å²) >= 11 is 0. The van der Waals surface area contributed by atoms with Crippen LogP contribution in [0.4, 0.5) is 0 Å². The minimum absolute atomic E-state index is 0.305. The number of hydrogen-bond acceptors (Lipinski definition) is 2. The lowest BCUT2D eigenvalue weighted by Gasteiger charge is -2.36. The Balaban J connectivity index is 1.51. The van der Waals surface area contributed by atoms with Crippen LogP contribution in [-0.2, 0) is 0 Å². The van der Waals surface area contributed by atoms with Crippen LogP contribution in [0.15, 0.2) is 90.5 Å². The lowest BCUT2D eigenvalue weighted by molar-refractivity contribution is 0.211. The molecular weight excluding hydrogens is 340 g/mol. The number of piperidine rings is 1. The second-order valence-corrected chi connectivity index (χ2v) is 7.30. The summed E-state index contributed by atoms with van der Waals surface area (Å²) in [6, 6.07) is 32.0. The highest BCUT2D eigenvalue weighted by atomic mass is 15.2. The second-order valence-electron chi connectivity index (χ2n) is 7.30. The Kier molecular flexibility index (Phi) is 5.66. The molecule has 4 rings (SSSR count). The SMILES string of the molecule is N#Cc1ccc(C=C2CCN(C(c3ccccc3)c3ccccc3)CC2)cc1. The van der Waals surface area contributed by atoms with Gasteiger partial charge in [0, 0.05) is 13.1 Å². The van der Waals surface area contributed by atoms with Crippen molar-refractivity contribution in [2.75, 3.05) is 13.1 Å². The number of nitriles is 1. The summed E-state index contributed by atoms with van der Waals surface area (Å²) in [5, 5.41) is 8.95. The number of hydrogen-bond donors (Lipinski definition) is 0. The fourth-order valence-corrected chi connectivity index (χ4v) is 3.99. The van der Waals surface area contributed by atoms with E-state index in [1.165, 1.54) is 22.3 Å². The Morgan fingerprint density at radius 1 is 0.750 bits per heavy atom. The molecule has 0 saturated carbocycles. The first-order valence-electron chi connectivity index (χ1n) is 9.87. The molecule has 1 fully saturated rings. The average molecular weight is 364 g/mol. The van der Waals surface area contributed by atoms with Crippen molar-refractivity contribution in [1.29, 1.82) is 5.26 Å². The molecule has 1 aliphatic heterocycles. The van der Waals surface area contributed by atoms with Crippen molar-refractivity contribution < 1.29 is 0 Å². The van der Waals surface area contributed by atoms with E-state index < -0.39 is 0 Å². The van der Waals surface area contributed by atoms with Crippen LogP contribution in [0.5, 0.6) is 0 Å². The van der Waals surface area contributed by atoms with E-state index in [-0.39, 0.29) is 0 Å². The molecular formula is C26H24N2. The normalized spacial score (nSPS) is 14.6. The Labute approximate surface area is 167 Å². The van der Waals surface area contributed by atoms with E-state index in [4.69, 9.17) is 5.26 Å². The van der Waals surface area contributed by atoms with E-state index >= 15 is 0 Å². The van der Waals surface area contributed by atoms with E-state index in [0.717, 1.165) is 25.9 Å². The van der Waals surface area contributed by atoms with Crippen LogP contribution in [0.2, 0.25) is 0 Å². The van der Waals surface area contributed by atoms with E-state index in [1.807, 2.05) is 24.3 Å². The monoisotopic (exact) mass is 364 g/mol. The van der Waals surface area contributed by atoms with Gasteiger partial charge in [0.15, 0.2) is 0 Å². The van der Waals surface area contributed by atoms with E-state index in [2.05, 4.69) is 77.7 Å². The predicted octanol–water partition coefficient (Wildman–Crippen LogP) is 5.83. The third-order valence-corrected chi connectivity index (χ3v) is 5.45. The zero-order valence-electron chi connectivity index (χ0n) is 16.0. The Morgan fingerprint density at radius 2 is 1.29 bits per heavy atom. The lowest BCUT2D eigenvalue weighted by Crippen LogP contribution is -2.35. The first-order valence-corrected chi connectivity index (χ1v) is 9.87. The van der Waals surface area contributed by atoms with Crippen molar-refractivity contribution in [3.05, 3.63) is 113 Å². The summed E-state index contributed by atoms with van der Waals surface area (Å²) in [5.74, 6) is 0. The Hall–Kier alpha value is -3.15. The molecule has 0 radical (unpaired) electrons. The first-order chi connectivity index (χ1) is 13.8. The summed E-state index contributed by atoms with van der Waals surface area (Å²) < 4.78 is 0. The highest BCUT2D eigenvalue weighted by Gasteiger charge is 2.24. The zero-order valence-corrected chi connectivity index (χ0v) is 16.0. The van der Waals surface area contributed by atoms with Crippen molar-refractivity contribution in [2.45, 2.75) is 18.9 Å². The maximum absolute atomic E-state index is 8.95. The smallest absolute Gasteiger partial charge is 0.0991 e. The highest BCUT2D eigenvalue weighted by Crippen LogP contribution is 2.32. The van der Waals surface area contributed by atoms with Crippen LogP contribution >= 0.6 is 0 Å². The van der Waals surface area contributed by atoms with Crippen LogP contribution in [-0.4, -0.2) is 18.0 Å². The molecule has 3 aromatic carbocycles. The van der Waals surface area contributed by atoms with Gasteiger partial charge in [-0.05, 0) is 41.7 Å². The average Bonchev–Trinajstić information content (AvgIpc) is 2.77. The minimum Gasteiger partial charge on any atom is -0.292 e. The molecule has 0 aromatic heterocycles. The molecule has 0 spiro atoms. The van der Waals surface area contributed by atoms with E-state index in [9.17, 15) is 0 Å². The lowest BCUT2D eigenvalue weighted by atomic mass is 9.93. The van der Waals surface area contributed by atoms with Gasteiger partial charge in [-0.3, -0.25) is 4.90 Å². The largest absolute Gasteiger partial charge is 0.292 e. The van der Waals surface area contributed by atoms with Gasteiger partial charge in [0.2, 0.25) is 0 Å². The van der Waals surface area contributed by atoms with Gasteiger partial charge in [0.1, 0.15) is 0 Å². The number of benzene rings is 3. The standard InChI is InChI=1S/C26H24N2/c27-20-23-13-11-21(12-14-23)19-22-15-17-28(18-16-22)26(24-7-3-1-4-8-24)25-9-5-2-6-10-25/h1-14,19,26H,15-18H2. The fourth-order valence-electron chi connectivity index (χ4n) is 3.99. The molecule has 0 unspecified atom stereocenters. The molecule has 0 amide bonds. The molecule has 0 bridgehead atoms. The van der Waals surface area contributed by atoms with Crippen molar-refractivity contribution in [3.63, 3.8) is 0 Å². The van der Waals surface area contributed by atoms with E-state index in [0.29, 0.717) is 11.6 Å².